The SMILES string of the molecule is C=CCSc1ccc(N(C)C(=O)NC(=O)c2c(F)cccc2F)c(F)c1. The molecule has 0 saturated heterocycles. The van der Waals surface area contributed by atoms with Crippen LogP contribution in [-0.4, -0.2) is 24.7 Å². The average molecular weight is 380 g/mol. The second-order valence-corrected chi connectivity index (χ2v) is 6.22. The molecule has 0 aliphatic rings. The maximum absolute atomic E-state index is 14.2. The van der Waals surface area contributed by atoms with Crippen LogP contribution in [-0.2, 0) is 0 Å². The molecule has 8 heteroatoms. The largest absolute Gasteiger partial charge is 0.328 e. The van der Waals surface area contributed by atoms with Gasteiger partial charge < -0.3 is 0 Å². The van der Waals surface area contributed by atoms with Gasteiger partial charge in [0, 0.05) is 17.7 Å². The Bertz CT molecular complexity index is 838. The Hall–Kier alpha value is -2.74. The highest BCUT2D eigenvalue weighted by atomic mass is 32.2. The lowest BCUT2D eigenvalue weighted by Crippen LogP contribution is -2.41. The van der Waals surface area contributed by atoms with Crippen molar-refractivity contribution >= 4 is 29.4 Å². The number of thioether (sulfide) groups is 1. The van der Waals surface area contributed by atoms with Gasteiger partial charge >= 0.3 is 6.03 Å². The third-order valence-electron chi connectivity index (χ3n) is 3.36. The molecule has 0 atom stereocenters. The number of nitrogens with zero attached hydrogens (tertiary/aromatic N) is 1. The number of anilines is 1. The van der Waals surface area contributed by atoms with Crippen molar-refractivity contribution in [2.45, 2.75) is 4.90 Å². The third-order valence-corrected chi connectivity index (χ3v) is 4.35. The van der Waals surface area contributed by atoms with Gasteiger partial charge in [0.1, 0.15) is 23.0 Å². The van der Waals surface area contributed by atoms with Crippen LogP contribution in [0.5, 0.6) is 0 Å². The summed E-state index contributed by atoms with van der Waals surface area (Å²) in [5.41, 5.74) is -0.974. The van der Waals surface area contributed by atoms with Gasteiger partial charge in [0.15, 0.2) is 0 Å². The van der Waals surface area contributed by atoms with Crippen LogP contribution in [0.3, 0.4) is 0 Å². The zero-order valence-corrected chi connectivity index (χ0v) is 14.6. The molecule has 1 N–H and O–H groups in total. The third kappa shape index (κ3) is 4.45. The molecule has 0 fully saturated rings. The van der Waals surface area contributed by atoms with E-state index in [0.717, 1.165) is 23.1 Å². The maximum Gasteiger partial charge on any atom is 0.328 e. The number of rotatable bonds is 5. The smallest absolute Gasteiger partial charge is 0.294 e. The molecular formula is C18H15F3N2O2S. The molecule has 0 bridgehead atoms. The zero-order valence-electron chi connectivity index (χ0n) is 13.8. The number of nitrogens with one attached hydrogen (secondary N) is 1. The van der Waals surface area contributed by atoms with Crippen molar-refractivity contribution in [3.63, 3.8) is 0 Å². The Morgan fingerprint density at radius 1 is 1.15 bits per heavy atom. The molecule has 2 aromatic carbocycles. The molecule has 0 heterocycles. The number of hydrogen-bond acceptors (Lipinski definition) is 3. The minimum atomic E-state index is -1.25. The fourth-order valence-corrected chi connectivity index (χ4v) is 2.73. The molecule has 0 aliphatic carbocycles. The van der Waals surface area contributed by atoms with Gasteiger partial charge in [-0.05, 0) is 30.3 Å². The van der Waals surface area contributed by atoms with Crippen molar-refractivity contribution in [1.82, 2.24) is 5.32 Å². The number of halogens is 3. The van der Waals surface area contributed by atoms with E-state index in [1.165, 1.54) is 30.9 Å². The lowest BCUT2D eigenvalue weighted by molar-refractivity contribution is 0.0957. The van der Waals surface area contributed by atoms with E-state index >= 15 is 0 Å². The highest BCUT2D eigenvalue weighted by Gasteiger charge is 2.22. The summed E-state index contributed by atoms with van der Waals surface area (Å²) < 4.78 is 41.4. The molecular weight excluding hydrogens is 365 g/mol. The second kappa shape index (κ2) is 8.57. The van der Waals surface area contributed by atoms with Gasteiger partial charge in [-0.15, -0.1) is 18.3 Å². The second-order valence-electron chi connectivity index (χ2n) is 5.13. The lowest BCUT2D eigenvalue weighted by atomic mass is 10.2. The molecule has 0 spiro atoms. The van der Waals surface area contributed by atoms with E-state index < -0.39 is 35.0 Å². The van der Waals surface area contributed by atoms with Crippen LogP contribution in [0.25, 0.3) is 0 Å². The highest BCUT2D eigenvalue weighted by Crippen LogP contribution is 2.25. The number of urea groups is 1. The molecule has 0 aromatic heterocycles. The van der Waals surface area contributed by atoms with Crippen molar-refractivity contribution in [1.29, 1.82) is 0 Å². The molecule has 0 radical (unpaired) electrons. The summed E-state index contributed by atoms with van der Waals surface area (Å²) in [4.78, 5) is 25.6. The van der Waals surface area contributed by atoms with Gasteiger partial charge in [0.25, 0.3) is 5.91 Å². The van der Waals surface area contributed by atoms with E-state index in [2.05, 4.69) is 6.58 Å². The van der Waals surface area contributed by atoms with Crippen LogP contribution < -0.4 is 10.2 Å². The minimum Gasteiger partial charge on any atom is -0.294 e. The van der Waals surface area contributed by atoms with Crippen LogP contribution in [0.2, 0.25) is 0 Å². The van der Waals surface area contributed by atoms with Gasteiger partial charge in [-0.2, -0.15) is 0 Å². The predicted octanol–water partition coefficient (Wildman–Crippen LogP) is 4.37. The van der Waals surface area contributed by atoms with Gasteiger partial charge in [0.05, 0.1) is 5.69 Å². The first kappa shape index (κ1) is 19.6. The Balaban J connectivity index is 2.14. The molecule has 4 nitrogen and oxygen atoms in total. The Morgan fingerprint density at radius 3 is 2.38 bits per heavy atom. The van der Waals surface area contributed by atoms with E-state index in [0.29, 0.717) is 10.6 Å². The van der Waals surface area contributed by atoms with Crippen molar-refractivity contribution < 1.29 is 22.8 Å². The van der Waals surface area contributed by atoms with Crippen molar-refractivity contribution in [3.05, 3.63) is 72.1 Å². The summed E-state index contributed by atoms with van der Waals surface area (Å²) in [7, 11) is 1.23. The molecule has 3 amide bonds. The van der Waals surface area contributed by atoms with E-state index in [9.17, 15) is 22.8 Å². The monoisotopic (exact) mass is 380 g/mol. The van der Waals surface area contributed by atoms with Crippen LogP contribution in [0.4, 0.5) is 23.7 Å². The summed E-state index contributed by atoms with van der Waals surface area (Å²) in [5.74, 6) is -3.55. The molecule has 2 aromatic rings. The number of carbonyl (C=O) groups excluding carboxylic acids is 2. The minimum absolute atomic E-state index is 0.0905. The summed E-state index contributed by atoms with van der Waals surface area (Å²) in [6, 6.07) is 6.07. The van der Waals surface area contributed by atoms with Crippen LogP contribution in [0.15, 0.2) is 53.9 Å². The van der Waals surface area contributed by atoms with Crippen LogP contribution >= 0.6 is 11.8 Å². The van der Waals surface area contributed by atoms with E-state index in [-0.39, 0.29) is 5.69 Å². The fourth-order valence-electron chi connectivity index (χ4n) is 2.07. The van der Waals surface area contributed by atoms with Crippen LogP contribution in [0, 0.1) is 17.5 Å². The first-order valence-corrected chi connectivity index (χ1v) is 8.40. The predicted molar refractivity (Wildman–Crippen MR) is 94.9 cm³/mol. The van der Waals surface area contributed by atoms with Gasteiger partial charge in [-0.3, -0.25) is 15.0 Å². The maximum atomic E-state index is 14.2. The lowest BCUT2D eigenvalue weighted by Gasteiger charge is -2.18. The number of carbonyl (C=O) groups is 2. The molecule has 0 saturated carbocycles. The first-order chi connectivity index (χ1) is 12.3. The Labute approximate surface area is 152 Å². The Kier molecular flexibility index (Phi) is 6.46. The van der Waals surface area contributed by atoms with E-state index in [1.807, 2.05) is 5.32 Å². The summed E-state index contributed by atoms with van der Waals surface area (Å²) >= 11 is 1.36. The number of amides is 3. The van der Waals surface area contributed by atoms with E-state index in [4.69, 9.17) is 0 Å². The highest BCUT2D eigenvalue weighted by molar-refractivity contribution is 7.99. The van der Waals surface area contributed by atoms with Crippen LogP contribution in [0.1, 0.15) is 10.4 Å². The number of benzene rings is 2. The summed E-state index contributed by atoms with van der Waals surface area (Å²) in [6.07, 6.45) is 1.67. The van der Waals surface area contributed by atoms with Crippen molar-refractivity contribution in [2.75, 3.05) is 17.7 Å². The van der Waals surface area contributed by atoms with E-state index in [1.54, 1.807) is 12.1 Å². The Morgan fingerprint density at radius 2 is 1.81 bits per heavy atom. The number of imide groups is 1. The molecule has 136 valence electrons. The van der Waals surface area contributed by atoms with Crippen molar-refractivity contribution in [3.8, 4) is 0 Å². The molecule has 0 unspecified atom stereocenters. The molecule has 0 aliphatic heterocycles. The zero-order chi connectivity index (χ0) is 19.3. The quantitative estimate of drug-likeness (QED) is 0.619. The number of hydrogen-bond donors (Lipinski definition) is 1. The van der Waals surface area contributed by atoms with Gasteiger partial charge in [0.2, 0.25) is 0 Å². The summed E-state index contributed by atoms with van der Waals surface area (Å²) in [5, 5.41) is 1.84. The fraction of sp³-hybridized carbons (Fsp3) is 0.111. The standard InChI is InChI=1S/C18H15F3N2O2S/c1-3-9-26-11-7-8-15(14(21)10-11)23(2)18(25)22-17(24)16-12(19)5-4-6-13(16)20/h3-8,10H,1,9H2,2H3,(H,22,24,25). The topological polar surface area (TPSA) is 49.4 Å². The molecule has 2 rings (SSSR count). The van der Waals surface area contributed by atoms with Gasteiger partial charge in [-0.1, -0.05) is 12.1 Å². The van der Waals surface area contributed by atoms with Crippen molar-refractivity contribution in [2.24, 2.45) is 0 Å². The normalized spacial score (nSPS) is 10.3. The molecule has 26 heavy (non-hydrogen) atoms. The first-order valence-electron chi connectivity index (χ1n) is 7.41. The summed E-state index contributed by atoms with van der Waals surface area (Å²) in [6.45, 7) is 3.57. The average Bonchev–Trinajstić information content (AvgIpc) is 2.59. The van der Waals surface area contributed by atoms with Gasteiger partial charge in [-0.25, -0.2) is 18.0 Å².